The molecule has 0 amide bonds. The molecule has 2 fully saturated rings. The Morgan fingerprint density at radius 2 is 1.71 bits per heavy atom. The highest BCUT2D eigenvalue weighted by Gasteiger charge is 2.57. The molecule has 3 aliphatic rings. The van der Waals surface area contributed by atoms with Crippen molar-refractivity contribution in [3.63, 3.8) is 0 Å². The second-order valence-corrected chi connectivity index (χ2v) is 8.36. The molecule has 4 rings (SSSR count). The first-order valence-electron chi connectivity index (χ1n) is 9.41. The molecule has 2 nitrogen and oxygen atoms in total. The number of benzene rings is 1. The van der Waals surface area contributed by atoms with Crippen LogP contribution in [0.5, 0.6) is 0 Å². The van der Waals surface area contributed by atoms with Gasteiger partial charge in [-0.25, -0.2) is 0 Å². The monoisotopic (exact) mass is 326 g/mol. The van der Waals surface area contributed by atoms with Gasteiger partial charge in [-0.2, -0.15) is 0 Å². The second-order valence-electron chi connectivity index (χ2n) is 8.36. The van der Waals surface area contributed by atoms with Crippen molar-refractivity contribution >= 4 is 0 Å². The summed E-state index contributed by atoms with van der Waals surface area (Å²) in [7, 11) is 3.67. The lowest BCUT2D eigenvalue weighted by Gasteiger charge is -2.31. The van der Waals surface area contributed by atoms with Gasteiger partial charge in [-0.05, 0) is 61.8 Å². The molecule has 0 radical (unpaired) electrons. The maximum Gasteiger partial charge on any atom is 0.0541 e. The van der Waals surface area contributed by atoms with Crippen molar-refractivity contribution < 1.29 is 9.47 Å². The predicted octanol–water partition coefficient (Wildman–Crippen LogP) is 4.82. The fourth-order valence-electron chi connectivity index (χ4n) is 6.36. The highest BCUT2D eigenvalue weighted by Crippen LogP contribution is 2.66. The lowest BCUT2D eigenvalue weighted by molar-refractivity contribution is 0.00887. The van der Waals surface area contributed by atoms with E-state index in [0.717, 1.165) is 31.0 Å². The van der Waals surface area contributed by atoms with Crippen molar-refractivity contribution in [3.8, 4) is 0 Å². The Hall–Kier alpha value is -1.12. The first-order valence-corrected chi connectivity index (χ1v) is 9.41. The van der Waals surface area contributed by atoms with Gasteiger partial charge in [0, 0.05) is 19.6 Å². The van der Waals surface area contributed by atoms with Gasteiger partial charge in [-0.15, -0.1) is 0 Å². The molecule has 0 N–H and O–H groups in total. The van der Waals surface area contributed by atoms with Gasteiger partial charge < -0.3 is 9.47 Å². The molecule has 0 bridgehead atoms. The third-order valence-electron chi connectivity index (χ3n) is 6.94. The van der Waals surface area contributed by atoms with Crippen molar-refractivity contribution in [3.05, 3.63) is 47.0 Å². The summed E-state index contributed by atoms with van der Waals surface area (Å²) >= 11 is 0. The van der Waals surface area contributed by atoms with E-state index in [1.54, 1.807) is 11.1 Å². The van der Waals surface area contributed by atoms with Crippen molar-refractivity contribution in [1.82, 2.24) is 0 Å². The minimum absolute atomic E-state index is 0.201. The molecule has 24 heavy (non-hydrogen) atoms. The summed E-state index contributed by atoms with van der Waals surface area (Å²) in [5, 5.41) is 0. The summed E-state index contributed by atoms with van der Waals surface area (Å²) in [5.41, 5.74) is 5.24. The summed E-state index contributed by atoms with van der Waals surface area (Å²) in [6.07, 6.45) is 5.14. The van der Waals surface area contributed by atoms with Gasteiger partial charge in [0.15, 0.2) is 0 Å². The lowest BCUT2D eigenvalue weighted by Crippen LogP contribution is -2.30. The van der Waals surface area contributed by atoms with Gasteiger partial charge in [0.25, 0.3) is 0 Å². The summed E-state index contributed by atoms with van der Waals surface area (Å²) in [6.45, 7) is 4.03. The Morgan fingerprint density at radius 3 is 2.38 bits per heavy atom. The van der Waals surface area contributed by atoms with E-state index in [9.17, 15) is 0 Å². The zero-order valence-corrected chi connectivity index (χ0v) is 15.3. The molecule has 0 heterocycles. The largest absolute Gasteiger partial charge is 0.384 e. The van der Waals surface area contributed by atoms with Crippen LogP contribution in [0.4, 0.5) is 0 Å². The summed E-state index contributed by atoms with van der Waals surface area (Å²) in [6, 6.07) is 11.3. The molecular formula is C22H30O2. The zero-order valence-electron chi connectivity index (χ0n) is 15.3. The van der Waals surface area contributed by atoms with Crippen LogP contribution in [0, 0.1) is 23.2 Å². The molecule has 0 unspecified atom stereocenters. The SMILES string of the molecule is COCC1(COC)C[C@H]2[C@H](c3ccccc3)[C@@H]3CCC(C)=C3[C@H]2C1. The Balaban J connectivity index is 1.72. The summed E-state index contributed by atoms with van der Waals surface area (Å²) < 4.78 is 11.3. The van der Waals surface area contributed by atoms with Gasteiger partial charge in [0.05, 0.1) is 13.2 Å². The first-order chi connectivity index (χ1) is 11.7. The Labute approximate surface area is 146 Å². The van der Waals surface area contributed by atoms with Crippen LogP contribution in [0.3, 0.4) is 0 Å². The molecule has 2 heteroatoms. The minimum Gasteiger partial charge on any atom is -0.384 e. The van der Waals surface area contributed by atoms with Crippen LogP contribution in [0.15, 0.2) is 41.5 Å². The van der Waals surface area contributed by atoms with Gasteiger partial charge in [-0.3, -0.25) is 0 Å². The van der Waals surface area contributed by atoms with E-state index in [4.69, 9.17) is 9.47 Å². The molecule has 2 saturated carbocycles. The van der Waals surface area contributed by atoms with Gasteiger partial charge >= 0.3 is 0 Å². The standard InChI is InChI=1S/C22H30O2/c1-15-9-10-17-20(15)18-11-22(13-23-2,14-24-3)12-19(18)21(17)16-7-5-4-6-8-16/h4-8,17-19,21H,9-14H2,1-3H3/t17-,18+,19-,21-/m1/s1. The molecule has 1 aromatic carbocycles. The Morgan fingerprint density at radius 1 is 1.00 bits per heavy atom. The molecule has 0 aliphatic heterocycles. The van der Waals surface area contributed by atoms with Crippen LogP contribution in [-0.4, -0.2) is 27.4 Å². The van der Waals surface area contributed by atoms with E-state index >= 15 is 0 Å². The number of allylic oxidation sites excluding steroid dienone is 2. The molecule has 0 saturated heterocycles. The molecule has 1 aromatic rings. The minimum atomic E-state index is 0.201. The fraction of sp³-hybridized carbons (Fsp3) is 0.636. The summed E-state index contributed by atoms with van der Waals surface area (Å²) in [4.78, 5) is 0. The highest BCUT2D eigenvalue weighted by molar-refractivity contribution is 5.39. The van der Waals surface area contributed by atoms with E-state index in [1.165, 1.54) is 25.7 Å². The number of ether oxygens (including phenoxy) is 2. The predicted molar refractivity (Wildman–Crippen MR) is 97.0 cm³/mol. The second kappa shape index (κ2) is 6.31. The first kappa shape index (κ1) is 16.4. The van der Waals surface area contributed by atoms with E-state index < -0.39 is 0 Å². The highest BCUT2D eigenvalue weighted by atomic mass is 16.5. The smallest absolute Gasteiger partial charge is 0.0541 e. The van der Waals surface area contributed by atoms with Gasteiger partial charge in [0.2, 0.25) is 0 Å². The van der Waals surface area contributed by atoms with Crippen LogP contribution in [-0.2, 0) is 9.47 Å². The van der Waals surface area contributed by atoms with Crippen LogP contribution >= 0.6 is 0 Å². The average molecular weight is 326 g/mol. The van der Waals surface area contributed by atoms with Gasteiger partial charge in [0.1, 0.15) is 0 Å². The van der Waals surface area contributed by atoms with Crippen LogP contribution < -0.4 is 0 Å². The number of methoxy groups -OCH3 is 2. The number of hydrogen-bond donors (Lipinski definition) is 0. The number of hydrogen-bond acceptors (Lipinski definition) is 2. The zero-order chi connectivity index (χ0) is 16.7. The van der Waals surface area contributed by atoms with Crippen molar-refractivity contribution in [2.24, 2.45) is 23.2 Å². The molecule has 0 aromatic heterocycles. The molecule has 0 spiro atoms. The van der Waals surface area contributed by atoms with E-state index in [1.807, 2.05) is 19.8 Å². The lowest BCUT2D eigenvalue weighted by atomic mass is 9.77. The Kier molecular flexibility index (Phi) is 4.30. The van der Waals surface area contributed by atoms with Gasteiger partial charge in [-0.1, -0.05) is 41.5 Å². The van der Waals surface area contributed by atoms with Crippen LogP contribution in [0.1, 0.15) is 44.1 Å². The quantitative estimate of drug-likeness (QED) is 0.723. The third-order valence-corrected chi connectivity index (χ3v) is 6.94. The fourth-order valence-corrected chi connectivity index (χ4v) is 6.36. The summed E-state index contributed by atoms with van der Waals surface area (Å²) in [5.74, 6) is 2.98. The normalized spacial score (nSPS) is 33.8. The van der Waals surface area contributed by atoms with E-state index in [2.05, 4.69) is 37.3 Å². The average Bonchev–Trinajstić information content (AvgIpc) is 3.19. The third kappa shape index (κ3) is 2.46. The van der Waals surface area contributed by atoms with Crippen molar-refractivity contribution in [1.29, 1.82) is 0 Å². The maximum atomic E-state index is 5.63. The number of rotatable bonds is 5. The van der Waals surface area contributed by atoms with Crippen LogP contribution in [0.25, 0.3) is 0 Å². The van der Waals surface area contributed by atoms with E-state index in [0.29, 0.717) is 5.92 Å². The molecule has 3 aliphatic carbocycles. The van der Waals surface area contributed by atoms with Crippen molar-refractivity contribution in [2.75, 3.05) is 27.4 Å². The number of fused-ring (bicyclic) bond motifs is 3. The molecule has 4 atom stereocenters. The maximum absolute atomic E-state index is 5.63. The van der Waals surface area contributed by atoms with E-state index in [-0.39, 0.29) is 5.41 Å². The van der Waals surface area contributed by atoms with Crippen LogP contribution in [0.2, 0.25) is 0 Å². The molecule has 130 valence electrons. The topological polar surface area (TPSA) is 18.5 Å². The Bertz CT molecular complexity index is 612. The molecular weight excluding hydrogens is 296 g/mol. The van der Waals surface area contributed by atoms with Crippen molar-refractivity contribution in [2.45, 2.75) is 38.5 Å².